The molecule has 0 aliphatic rings. The Labute approximate surface area is 106 Å². The van der Waals surface area contributed by atoms with E-state index in [0.717, 1.165) is 0 Å². The first-order valence-electron chi connectivity index (χ1n) is 5.75. The zero-order valence-corrected chi connectivity index (χ0v) is 10.3. The minimum absolute atomic E-state index is 0.0395. The maximum atomic E-state index is 11.7. The van der Waals surface area contributed by atoms with Gasteiger partial charge in [0.1, 0.15) is 0 Å². The molecular weight excluding hydrogens is 230 g/mol. The van der Waals surface area contributed by atoms with E-state index < -0.39 is 5.97 Å². The Balaban J connectivity index is 2.61. The van der Waals surface area contributed by atoms with Crippen LogP contribution in [0.3, 0.4) is 0 Å². The van der Waals surface area contributed by atoms with Crippen molar-refractivity contribution in [1.82, 2.24) is 5.32 Å². The first kappa shape index (κ1) is 14.0. The predicted octanol–water partition coefficient (Wildman–Crippen LogP) is 2.01. The second-order valence-electron chi connectivity index (χ2n) is 4.18. The van der Waals surface area contributed by atoms with Crippen LogP contribution in [0.15, 0.2) is 36.9 Å². The molecule has 4 nitrogen and oxygen atoms in total. The molecule has 1 aromatic rings. The average molecular weight is 247 g/mol. The van der Waals surface area contributed by atoms with Crippen LogP contribution in [0.25, 0.3) is 0 Å². The monoisotopic (exact) mass is 247 g/mol. The van der Waals surface area contributed by atoms with Crippen molar-refractivity contribution in [3.63, 3.8) is 0 Å². The molecule has 1 rings (SSSR count). The Morgan fingerprint density at radius 2 is 2.22 bits per heavy atom. The zero-order chi connectivity index (χ0) is 13.5. The number of carboxylic acids is 1. The molecule has 0 aliphatic heterocycles. The van der Waals surface area contributed by atoms with Crippen LogP contribution in [0, 0.1) is 0 Å². The van der Waals surface area contributed by atoms with Gasteiger partial charge in [-0.25, -0.2) is 4.79 Å². The Bertz CT molecular complexity index is 454. The van der Waals surface area contributed by atoms with E-state index in [2.05, 4.69) is 11.9 Å². The van der Waals surface area contributed by atoms with Crippen molar-refractivity contribution < 1.29 is 14.7 Å². The van der Waals surface area contributed by atoms with Gasteiger partial charge in [0, 0.05) is 6.04 Å². The fraction of sp³-hybridized carbons (Fsp3) is 0.286. The predicted molar refractivity (Wildman–Crippen MR) is 69.5 cm³/mol. The van der Waals surface area contributed by atoms with E-state index in [4.69, 9.17) is 5.11 Å². The molecule has 0 spiro atoms. The lowest BCUT2D eigenvalue weighted by Crippen LogP contribution is -2.33. The van der Waals surface area contributed by atoms with Gasteiger partial charge in [-0.3, -0.25) is 4.79 Å². The Morgan fingerprint density at radius 3 is 2.83 bits per heavy atom. The number of nitrogens with one attached hydrogen (secondary N) is 1. The topological polar surface area (TPSA) is 66.4 Å². The van der Waals surface area contributed by atoms with Crippen molar-refractivity contribution in [2.75, 3.05) is 0 Å². The van der Waals surface area contributed by atoms with Gasteiger partial charge in [0.25, 0.3) is 0 Å². The molecular formula is C14H17NO3. The quantitative estimate of drug-likeness (QED) is 0.756. The summed E-state index contributed by atoms with van der Waals surface area (Å²) in [5.41, 5.74) is 0.887. The Morgan fingerprint density at radius 1 is 1.50 bits per heavy atom. The summed E-state index contributed by atoms with van der Waals surface area (Å²) in [5.74, 6) is -1.11. The molecule has 0 aliphatic carbocycles. The molecule has 1 atom stereocenters. The van der Waals surface area contributed by atoms with Gasteiger partial charge in [-0.1, -0.05) is 18.2 Å². The number of rotatable bonds is 6. The Kier molecular flexibility index (Phi) is 5.11. The van der Waals surface area contributed by atoms with Crippen LogP contribution in [0.1, 0.15) is 29.3 Å². The first-order valence-corrected chi connectivity index (χ1v) is 5.75. The van der Waals surface area contributed by atoms with Gasteiger partial charge in [0.2, 0.25) is 5.91 Å². The van der Waals surface area contributed by atoms with Crippen molar-refractivity contribution in [3.05, 3.63) is 48.0 Å². The highest BCUT2D eigenvalue weighted by molar-refractivity contribution is 5.88. The van der Waals surface area contributed by atoms with Crippen LogP contribution in [-0.4, -0.2) is 23.0 Å². The number of carbonyl (C=O) groups excluding carboxylic acids is 1. The van der Waals surface area contributed by atoms with Crippen LogP contribution in [0.5, 0.6) is 0 Å². The van der Waals surface area contributed by atoms with Crippen molar-refractivity contribution in [1.29, 1.82) is 0 Å². The Hall–Kier alpha value is -2.10. The van der Waals surface area contributed by atoms with E-state index in [-0.39, 0.29) is 23.9 Å². The van der Waals surface area contributed by atoms with Gasteiger partial charge < -0.3 is 10.4 Å². The highest BCUT2D eigenvalue weighted by Crippen LogP contribution is 2.06. The standard InChI is InChI=1S/C14H17NO3/c1-3-5-10(2)15-13(16)9-11-6-4-7-12(8-11)14(17)18/h3-4,6-8,10H,1,5,9H2,2H3,(H,15,16)(H,17,18). The molecule has 0 bridgehead atoms. The molecule has 96 valence electrons. The molecule has 0 radical (unpaired) electrons. The fourth-order valence-corrected chi connectivity index (χ4v) is 1.63. The third kappa shape index (κ3) is 4.41. The maximum absolute atomic E-state index is 11.7. The number of hydrogen-bond donors (Lipinski definition) is 2. The molecule has 1 amide bonds. The molecule has 4 heteroatoms. The molecule has 0 saturated heterocycles. The lowest BCUT2D eigenvalue weighted by atomic mass is 10.1. The first-order chi connectivity index (χ1) is 8.52. The lowest BCUT2D eigenvalue weighted by Gasteiger charge is -2.11. The molecule has 0 aromatic heterocycles. The van der Waals surface area contributed by atoms with Crippen LogP contribution in [0.2, 0.25) is 0 Å². The lowest BCUT2D eigenvalue weighted by molar-refractivity contribution is -0.121. The summed E-state index contributed by atoms with van der Waals surface area (Å²) in [6, 6.07) is 6.44. The van der Waals surface area contributed by atoms with Crippen LogP contribution >= 0.6 is 0 Å². The molecule has 1 unspecified atom stereocenters. The summed E-state index contributed by atoms with van der Waals surface area (Å²) in [6.45, 7) is 5.50. The van der Waals surface area contributed by atoms with Crippen molar-refractivity contribution in [2.45, 2.75) is 25.8 Å². The molecule has 0 saturated carbocycles. The number of amides is 1. The molecule has 0 fully saturated rings. The SMILES string of the molecule is C=CCC(C)NC(=O)Cc1cccc(C(=O)O)c1. The largest absolute Gasteiger partial charge is 0.478 e. The summed E-state index contributed by atoms with van der Waals surface area (Å²) in [7, 11) is 0. The second kappa shape index (κ2) is 6.59. The highest BCUT2D eigenvalue weighted by Gasteiger charge is 2.09. The van der Waals surface area contributed by atoms with Crippen molar-refractivity contribution >= 4 is 11.9 Å². The number of carbonyl (C=O) groups is 2. The molecule has 0 heterocycles. The van der Waals surface area contributed by atoms with E-state index >= 15 is 0 Å². The maximum Gasteiger partial charge on any atom is 0.335 e. The normalized spacial score (nSPS) is 11.6. The third-order valence-corrected chi connectivity index (χ3v) is 2.47. The minimum Gasteiger partial charge on any atom is -0.478 e. The number of hydrogen-bond acceptors (Lipinski definition) is 2. The van der Waals surface area contributed by atoms with Crippen LogP contribution in [-0.2, 0) is 11.2 Å². The number of benzene rings is 1. The molecule has 1 aromatic carbocycles. The van der Waals surface area contributed by atoms with Gasteiger partial charge in [-0.2, -0.15) is 0 Å². The van der Waals surface area contributed by atoms with Crippen molar-refractivity contribution in [2.24, 2.45) is 0 Å². The summed E-state index contributed by atoms with van der Waals surface area (Å²) in [4.78, 5) is 22.5. The summed E-state index contributed by atoms with van der Waals surface area (Å²) >= 11 is 0. The third-order valence-electron chi connectivity index (χ3n) is 2.47. The molecule has 18 heavy (non-hydrogen) atoms. The van der Waals surface area contributed by atoms with Gasteiger partial charge in [0.15, 0.2) is 0 Å². The summed E-state index contributed by atoms with van der Waals surface area (Å²) in [5, 5.41) is 11.7. The minimum atomic E-state index is -0.989. The van der Waals surface area contributed by atoms with Crippen molar-refractivity contribution in [3.8, 4) is 0 Å². The second-order valence-corrected chi connectivity index (χ2v) is 4.18. The van der Waals surface area contributed by atoms with Crippen LogP contribution < -0.4 is 5.32 Å². The highest BCUT2D eigenvalue weighted by atomic mass is 16.4. The van der Waals surface area contributed by atoms with Gasteiger partial charge >= 0.3 is 5.97 Å². The van der Waals surface area contributed by atoms with E-state index in [9.17, 15) is 9.59 Å². The summed E-state index contributed by atoms with van der Waals surface area (Å²) < 4.78 is 0. The van der Waals surface area contributed by atoms with Gasteiger partial charge in [-0.05, 0) is 31.0 Å². The van der Waals surface area contributed by atoms with E-state index in [0.29, 0.717) is 12.0 Å². The van der Waals surface area contributed by atoms with Gasteiger partial charge in [0.05, 0.1) is 12.0 Å². The van der Waals surface area contributed by atoms with Crippen LogP contribution in [0.4, 0.5) is 0 Å². The summed E-state index contributed by atoms with van der Waals surface area (Å²) in [6.07, 6.45) is 2.64. The zero-order valence-electron chi connectivity index (χ0n) is 10.3. The van der Waals surface area contributed by atoms with Gasteiger partial charge in [-0.15, -0.1) is 6.58 Å². The fourth-order valence-electron chi connectivity index (χ4n) is 1.63. The van der Waals surface area contributed by atoms with E-state index in [1.54, 1.807) is 18.2 Å². The smallest absolute Gasteiger partial charge is 0.335 e. The number of carboxylic acid groups (broad SMARTS) is 1. The van der Waals surface area contributed by atoms with E-state index in [1.165, 1.54) is 12.1 Å². The average Bonchev–Trinajstić information content (AvgIpc) is 2.29. The van der Waals surface area contributed by atoms with E-state index in [1.807, 2.05) is 6.92 Å². The number of aromatic carboxylic acids is 1. The molecule has 2 N–H and O–H groups in total.